The van der Waals surface area contributed by atoms with E-state index in [0.29, 0.717) is 0 Å². The summed E-state index contributed by atoms with van der Waals surface area (Å²) in [6.07, 6.45) is 5.05. The van der Waals surface area contributed by atoms with Gasteiger partial charge in [0.25, 0.3) is 0 Å². The fourth-order valence-electron chi connectivity index (χ4n) is 3.95. The Bertz CT molecular complexity index is 461. The number of hydrogen-bond acceptors (Lipinski definition) is 2. The first kappa shape index (κ1) is 14.0. The Morgan fingerprint density at radius 2 is 2.00 bits per heavy atom. The first-order valence-electron chi connectivity index (χ1n) is 7.73. The molecule has 0 radical (unpaired) electrons. The Morgan fingerprint density at radius 1 is 1.25 bits per heavy atom. The molecule has 1 spiro atoms. The molecule has 1 heterocycles. The molecule has 2 fully saturated rings. The average Bonchev–Trinajstić information content (AvgIpc) is 2.40. The van der Waals surface area contributed by atoms with E-state index in [4.69, 9.17) is 4.74 Å². The van der Waals surface area contributed by atoms with Crippen molar-refractivity contribution in [3.8, 4) is 0 Å². The molecule has 0 amide bonds. The lowest BCUT2D eigenvalue weighted by atomic mass is 9.75. The summed E-state index contributed by atoms with van der Waals surface area (Å²) >= 11 is 0. The normalized spacial score (nSPS) is 38.0. The topological polar surface area (TPSA) is 21.3 Å². The molecule has 1 aromatic carbocycles. The third-order valence-corrected chi connectivity index (χ3v) is 4.82. The van der Waals surface area contributed by atoms with Crippen LogP contribution in [0.5, 0.6) is 0 Å². The van der Waals surface area contributed by atoms with Gasteiger partial charge in [-0.15, -0.1) is 0 Å². The van der Waals surface area contributed by atoms with Gasteiger partial charge in [0.1, 0.15) is 5.82 Å². The average molecular weight is 277 g/mol. The molecule has 110 valence electrons. The second-order valence-electron chi connectivity index (χ2n) is 6.70. The van der Waals surface area contributed by atoms with Crippen LogP contribution in [0.4, 0.5) is 4.39 Å². The SMILES string of the molecule is CC1CCCC2(COC(c3ccc(F)cc3)C(C)N2)C1. The van der Waals surface area contributed by atoms with E-state index in [1.165, 1.54) is 37.8 Å². The van der Waals surface area contributed by atoms with Crippen molar-refractivity contribution in [2.75, 3.05) is 6.61 Å². The van der Waals surface area contributed by atoms with Crippen LogP contribution >= 0.6 is 0 Å². The van der Waals surface area contributed by atoms with E-state index in [0.717, 1.165) is 18.1 Å². The van der Waals surface area contributed by atoms with E-state index in [-0.39, 0.29) is 23.5 Å². The molecule has 1 aromatic rings. The van der Waals surface area contributed by atoms with E-state index < -0.39 is 0 Å². The summed E-state index contributed by atoms with van der Waals surface area (Å²) < 4.78 is 19.2. The Balaban J connectivity index is 1.72. The van der Waals surface area contributed by atoms with Gasteiger partial charge in [0.05, 0.1) is 12.7 Å². The zero-order valence-corrected chi connectivity index (χ0v) is 12.4. The molecule has 1 saturated carbocycles. The molecular formula is C17H24FNO. The van der Waals surface area contributed by atoms with Crippen LogP contribution in [-0.4, -0.2) is 18.2 Å². The van der Waals surface area contributed by atoms with Crippen molar-refractivity contribution < 1.29 is 9.13 Å². The third-order valence-electron chi connectivity index (χ3n) is 4.82. The second kappa shape index (κ2) is 5.45. The zero-order valence-electron chi connectivity index (χ0n) is 12.4. The molecule has 1 aliphatic heterocycles. The minimum atomic E-state index is -0.192. The summed E-state index contributed by atoms with van der Waals surface area (Å²) in [6.45, 7) is 5.28. The number of morpholine rings is 1. The van der Waals surface area contributed by atoms with Crippen LogP contribution in [0, 0.1) is 11.7 Å². The van der Waals surface area contributed by atoms with E-state index in [9.17, 15) is 4.39 Å². The van der Waals surface area contributed by atoms with Gasteiger partial charge < -0.3 is 10.1 Å². The molecular weight excluding hydrogens is 253 g/mol. The molecule has 1 saturated heterocycles. The molecule has 1 aliphatic carbocycles. The van der Waals surface area contributed by atoms with Crippen LogP contribution in [0.2, 0.25) is 0 Å². The molecule has 2 aliphatic rings. The standard InChI is InChI=1S/C17H24FNO/c1-12-4-3-9-17(10-12)11-20-16(13(2)19-17)14-5-7-15(18)8-6-14/h5-8,12-13,16,19H,3-4,9-11H2,1-2H3. The van der Waals surface area contributed by atoms with Crippen LogP contribution in [0.25, 0.3) is 0 Å². The first-order chi connectivity index (χ1) is 9.58. The molecule has 0 bridgehead atoms. The number of hydrogen-bond donors (Lipinski definition) is 1. The van der Waals surface area contributed by atoms with Crippen LogP contribution in [0.15, 0.2) is 24.3 Å². The van der Waals surface area contributed by atoms with E-state index in [1.54, 1.807) is 0 Å². The quantitative estimate of drug-likeness (QED) is 0.842. The molecule has 4 atom stereocenters. The molecule has 0 aromatic heterocycles. The van der Waals surface area contributed by atoms with Gasteiger partial charge in [-0.2, -0.15) is 0 Å². The minimum absolute atomic E-state index is 0.0263. The molecule has 2 nitrogen and oxygen atoms in total. The van der Waals surface area contributed by atoms with Gasteiger partial charge in [-0.3, -0.25) is 0 Å². The summed E-state index contributed by atoms with van der Waals surface area (Å²) in [7, 11) is 0. The van der Waals surface area contributed by atoms with Crippen LogP contribution in [-0.2, 0) is 4.74 Å². The fourth-order valence-corrected chi connectivity index (χ4v) is 3.95. The number of rotatable bonds is 1. The lowest BCUT2D eigenvalue weighted by Crippen LogP contribution is -2.60. The summed E-state index contributed by atoms with van der Waals surface area (Å²) in [5.41, 5.74) is 1.22. The second-order valence-corrected chi connectivity index (χ2v) is 6.70. The Kier molecular flexibility index (Phi) is 3.83. The molecule has 3 rings (SSSR count). The lowest BCUT2D eigenvalue weighted by molar-refractivity contribution is -0.0767. The molecule has 1 N–H and O–H groups in total. The first-order valence-corrected chi connectivity index (χ1v) is 7.73. The number of benzene rings is 1. The number of ether oxygens (including phenoxy) is 1. The lowest BCUT2D eigenvalue weighted by Gasteiger charge is -2.48. The Morgan fingerprint density at radius 3 is 2.65 bits per heavy atom. The molecule has 20 heavy (non-hydrogen) atoms. The predicted molar refractivity (Wildman–Crippen MR) is 78.1 cm³/mol. The Labute approximate surface area is 120 Å². The number of nitrogens with one attached hydrogen (secondary N) is 1. The monoisotopic (exact) mass is 277 g/mol. The maximum Gasteiger partial charge on any atom is 0.123 e. The van der Waals surface area contributed by atoms with Crippen molar-refractivity contribution in [1.82, 2.24) is 5.32 Å². The van der Waals surface area contributed by atoms with Gasteiger partial charge in [-0.05, 0) is 43.4 Å². The summed E-state index contributed by atoms with van der Waals surface area (Å²) in [4.78, 5) is 0. The predicted octanol–water partition coefficient (Wildman–Crippen LogP) is 3.82. The van der Waals surface area contributed by atoms with Gasteiger partial charge in [0.15, 0.2) is 0 Å². The summed E-state index contributed by atoms with van der Waals surface area (Å²) in [5.74, 6) is 0.581. The highest BCUT2D eigenvalue weighted by atomic mass is 19.1. The Hall–Kier alpha value is -0.930. The van der Waals surface area contributed by atoms with Crippen molar-refractivity contribution >= 4 is 0 Å². The largest absolute Gasteiger partial charge is 0.370 e. The van der Waals surface area contributed by atoms with E-state index in [1.807, 2.05) is 12.1 Å². The van der Waals surface area contributed by atoms with Crippen LogP contribution < -0.4 is 5.32 Å². The minimum Gasteiger partial charge on any atom is -0.370 e. The zero-order chi connectivity index (χ0) is 14.2. The number of halogens is 1. The molecule has 3 heteroatoms. The summed E-state index contributed by atoms with van der Waals surface area (Å²) in [5, 5.41) is 3.81. The van der Waals surface area contributed by atoms with Gasteiger partial charge in [0, 0.05) is 11.6 Å². The third kappa shape index (κ3) is 2.75. The highest BCUT2D eigenvalue weighted by Gasteiger charge is 2.42. The van der Waals surface area contributed by atoms with E-state index >= 15 is 0 Å². The smallest absolute Gasteiger partial charge is 0.123 e. The summed E-state index contributed by atoms with van der Waals surface area (Å²) in [6, 6.07) is 6.95. The van der Waals surface area contributed by atoms with Gasteiger partial charge in [0.2, 0.25) is 0 Å². The van der Waals surface area contributed by atoms with Gasteiger partial charge in [-0.25, -0.2) is 4.39 Å². The van der Waals surface area contributed by atoms with E-state index in [2.05, 4.69) is 19.2 Å². The fraction of sp³-hybridized carbons (Fsp3) is 0.647. The van der Waals surface area contributed by atoms with Gasteiger partial charge in [-0.1, -0.05) is 31.9 Å². The maximum atomic E-state index is 13.0. The van der Waals surface area contributed by atoms with Crippen LogP contribution in [0.1, 0.15) is 51.2 Å². The highest BCUT2D eigenvalue weighted by Crippen LogP contribution is 2.38. The van der Waals surface area contributed by atoms with Crippen molar-refractivity contribution in [1.29, 1.82) is 0 Å². The highest BCUT2D eigenvalue weighted by molar-refractivity contribution is 5.21. The van der Waals surface area contributed by atoms with Crippen molar-refractivity contribution in [2.24, 2.45) is 5.92 Å². The molecule has 4 unspecified atom stereocenters. The maximum absolute atomic E-state index is 13.0. The van der Waals surface area contributed by atoms with Crippen molar-refractivity contribution in [2.45, 2.75) is 57.2 Å². The van der Waals surface area contributed by atoms with Crippen molar-refractivity contribution in [3.05, 3.63) is 35.6 Å². The van der Waals surface area contributed by atoms with Gasteiger partial charge >= 0.3 is 0 Å². The van der Waals surface area contributed by atoms with Crippen LogP contribution in [0.3, 0.4) is 0 Å². The van der Waals surface area contributed by atoms with Crippen molar-refractivity contribution in [3.63, 3.8) is 0 Å².